The number of nitrogens with one attached hydrogen (secondary N) is 1. The van der Waals surface area contributed by atoms with Gasteiger partial charge in [-0.15, -0.1) is 0 Å². The van der Waals surface area contributed by atoms with E-state index in [1.54, 1.807) is 17.8 Å². The lowest BCUT2D eigenvalue weighted by Gasteiger charge is -2.37. The Kier molecular flexibility index (Phi) is 5.85. The lowest BCUT2D eigenvalue weighted by atomic mass is 9.77. The molecule has 5 heteroatoms. The first-order valence-electron chi connectivity index (χ1n) is 10.3. The molecule has 31 heavy (non-hydrogen) atoms. The van der Waals surface area contributed by atoms with Crippen LogP contribution in [-0.2, 0) is 17.3 Å². The fourth-order valence-corrected chi connectivity index (χ4v) is 3.90. The number of hydrogen-bond acceptors (Lipinski definition) is 4. The van der Waals surface area contributed by atoms with Crippen molar-refractivity contribution < 1.29 is 9.53 Å². The molecule has 0 unspecified atom stereocenters. The molecule has 4 aromatic rings. The van der Waals surface area contributed by atoms with Crippen LogP contribution >= 0.6 is 0 Å². The zero-order chi connectivity index (χ0) is 21.7. The molecule has 0 atom stereocenters. The van der Waals surface area contributed by atoms with Gasteiger partial charge in [-0.2, -0.15) is 5.10 Å². The molecule has 0 saturated carbocycles. The normalized spacial score (nSPS) is 11.2. The highest BCUT2D eigenvalue weighted by atomic mass is 16.5. The van der Waals surface area contributed by atoms with Gasteiger partial charge in [0, 0.05) is 7.05 Å². The van der Waals surface area contributed by atoms with Crippen LogP contribution in [0.5, 0.6) is 0 Å². The van der Waals surface area contributed by atoms with Crippen LogP contribution in [0.25, 0.3) is 0 Å². The molecule has 0 amide bonds. The smallest absolute Gasteiger partial charge is 0.343 e. The van der Waals surface area contributed by atoms with Crippen molar-refractivity contribution in [3.05, 3.63) is 119 Å². The minimum absolute atomic E-state index is 0.300. The molecule has 1 N–H and O–H groups in total. The zero-order valence-electron chi connectivity index (χ0n) is 17.7. The molecule has 0 spiro atoms. The second kappa shape index (κ2) is 8.88. The van der Waals surface area contributed by atoms with Crippen LogP contribution < -0.4 is 5.32 Å². The van der Waals surface area contributed by atoms with Crippen molar-refractivity contribution >= 4 is 11.8 Å². The second-order valence-electron chi connectivity index (χ2n) is 7.22. The number of rotatable bonds is 7. The molecule has 0 fully saturated rings. The van der Waals surface area contributed by atoms with Gasteiger partial charge in [0.1, 0.15) is 16.9 Å². The number of carbonyl (C=O) groups excluding carboxylic acids is 1. The van der Waals surface area contributed by atoms with Crippen LogP contribution in [-0.4, -0.2) is 22.4 Å². The molecule has 0 aliphatic heterocycles. The third kappa shape index (κ3) is 3.82. The summed E-state index contributed by atoms with van der Waals surface area (Å²) < 4.78 is 6.96. The summed E-state index contributed by atoms with van der Waals surface area (Å²) in [6, 6.07) is 30.7. The number of hydrogen-bond donors (Lipinski definition) is 1. The summed E-state index contributed by atoms with van der Waals surface area (Å²) in [5.41, 5.74) is 2.78. The van der Waals surface area contributed by atoms with E-state index in [9.17, 15) is 4.79 Å². The molecule has 0 bridgehead atoms. The van der Waals surface area contributed by atoms with Gasteiger partial charge in [0.15, 0.2) is 0 Å². The van der Waals surface area contributed by atoms with Gasteiger partial charge in [-0.05, 0) is 23.6 Å². The summed E-state index contributed by atoms with van der Waals surface area (Å²) in [4.78, 5) is 12.7. The number of nitrogens with zero attached hydrogens (tertiary/aromatic N) is 2. The Hall–Kier alpha value is -3.86. The van der Waals surface area contributed by atoms with E-state index in [1.807, 2.05) is 61.6 Å². The topological polar surface area (TPSA) is 56.1 Å². The van der Waals surface area contributed by atoms with E-state index in [2.05, 4.69) is 46.8 Å². The highest BCUT2D eigenvalue weighted by Crippen LogP contribution is 2.40. The first kappa shape index (κ1) is 20.4. The number of ether oxygens (including phenoxy) is 1. The standard InChI is InChI=1S/C26H25N3O2/c1-3-31-25(30)23-19-27-29(2)24(23)28-26(20-13-7-4-8-14-20,21-15-9-5-10-16-21)22-17-11-6-12-18-22/h4-19,28H,3H2,1-2H3. The maximum Gasteiger partial charge on any atom is 0.343 e. The number of benzene rings is 3. The first-order valence-corrected chi connectivity index (χ1v) is 10.3. The Labute approximate surface area is 182 Å². The SMILES string of the molecule is CCOC(=O)c1cnn(C)c1NC(c1ccccc1)(c1ccccc1)c1ccccc1. The average Bonchev–Trinajstić information content (AvgIpc) is 3.19. The van der Waals surface area contributed by atoms with Gasteiger partial charge < -0.3 is 10.1 Å². The highest BCUT2D eigenvalue weighted by molar-refractivity contribution is 5.95. The van der Waals surface area contributed by atoms with Crippen LogP contribution in [0.15, 0.2) is 97.2 Å². The van der Waals surface area contributed by atoms with E-state index in [4.69, 9.17) is 4.74 Å². The molecule has 1 heterocycles. The quantitative estimate of drug-likeness (QED) is 0.343. The molecule has 0 aliphatic rings. The molecule has 4 rings (SSSR count). The van der Waals surface area contributed by atoms with Crippen LogP contribution in [0.4, 0.5) is 5.82 Å². The van der Waals surface area contributed by atoms with Crippen LogP contribution in [0, 0.1) is 0 Å². The van der Waals surface area contributed by atoms with Crippen molar-refractivity contribution in [1.29, 1.82) is 0 Å². The van der Waals surface area contributed by atoms with E-state index in [0.29, 0.717) is 18.0 Å². The molecule has 1 aromatic heterocycles. The molecular weight excluding hydrogens is 386 g/mol. The summed E-state index contributed by atoms with van der Waals surface area (Å²) in [5.74, 6) is 0.191. The Morgan fingerprint density at radius 3 is 1.74 bits per heavy atom. The van der Waals surface area contributed by atoms with Crippen molar-refractivity contribution in [2.24, 2.45) is 7.05 Å². The number of aromatic nitrogens is 2. The Morgan fingerprint density at radius 1 is 0.871 bits per heavy atom. The molecule has 0 saturated heterocycles. The predicted molar refractivity (Wildman–Crippen MR) is 122 cm³/mol. The fraction of sp³-hybridized carbons (Fsp3) is 0.154. The first-order chi connectivity index (χ1) is 15.2. The van der Waals surface area contributed by atoms with Crippen molar-refractivity contribution in [2.45, 2.75) is 12.5 Å². The Bertz CT molecular complexity index is 1040. The summed E-state index contributed by atoms with van der Waals surface area (Å²) in [6.07, 6.45) is 1.55. The minimum Gasteiger partial charge on any atom is -0.462 e. The number of esters is 1. The van der Waals surface area contributed by atoms with Crippen LogP contribution in [0.2, 0.25) is 0 Å². The minimum atomic E-state index is -0.751. The summed E-state index contributed by atoms with van der Waals surface area (Å²) in [5, 5.41) is 8.04. The van der Waals surface area contributed by atoms with Crippen molar-refractivity contribution in [3.8, 4) is 0 Å². The van der Waals surface area contributed by atoms with Gasteiger partial charge >= 0.3 is 5.97 Å². The number of aryl methyl sites for hydroxylation is 1. The largest absolute Gasteiger partial charge is 0.462 e. The molecular formula is C26H25N3O2. The van der Waals surface area contributed by atoms with Gasteiger partial charge in [0.2, 0.25) is 0 Å². The van der Waals surface area contributed by atoms with E-state index in [0.717, 1.165) is 16.7 Å². The lowest BCUT2D eigenvalue weighted by Crippen LogP contribution is -2.39. The zero-order valence-corrected chi connectivity index (χ0v) is 17.7. The summed E-state index contributed by atoms with van der Waals surface area (Å²) in [7, 11) is 1.82. The van der Waals surface area contributed by atoms with E-state index in [1.165, 1.54) is 0 Å². The van der Waals surface area contributed by atoms with Crippen LogP contribution in [0.3, 0.4) is 0 Å². The Morgan fingerprint density at radius 2 is 1.32 bits per heavy atom. The Balaban J connectivity index is 1.99. The van der Waals surface area contributed by atoms with Crippen molar-refractivity contribution in [1.82, 2.24) is 9.78 Å². The lowest BCUT2D eigenvalue weighted by molar-refractivity contribution is 0.0527. The van der Waals surface area contributed by atoms with Gasteiger partial charge in [-0.1, -0.05) is 91.0 Å². The van der Waals surface area contributed by atoms with E-state index < -0.39 is 11.5 Å². The molecule has 0 radical (unpaired) electrons. The maximum absolute atomic E-state index is 12.7. The average molecular weight is 412 g/mol. The predicted octanol–water partition coefficient (Wildman–Crippen LogP) is 5.00. The van der Waals surface area contributed by atoms with Crippen LogP contribution in [0.1, 0.15) is 34.0 Å². The monoisotopic (exact) mass is 411 g/mol. The summed E-state index contributed by atoms with van der Waals surface area (Å²) in [6.45, 7) is 2.10. The van der Waals surface area contributed by atoms with Gasteiger partial charge in [-0.3, -0.25) is 4.68 Å². The van der Waals surface area contributed by atoms with Gasteiger partial charge in [0.05, 0.1) is 12.8 Å². The van der Waals surface area contributed by atoms with Crippen molar-refractivity contribution in [3.63, 3.8) is 0 Å². The molecule has 3 aromatic carbocycles. The van der Waals surface area contributed by atoms with Gasteiger partial charge in [-0.25, -0.2) is 4.79 Å². The third-order valence-electron chi connectivity index (χ3n) is 5.36. The second-order valence-corrected chi connectivity index (χ2v) is 7.22. The van der Waals surface area contributed by atoms with E-state index >= 15 is 0 Å². The molecule has 156 valence electrons. The van der Waals surface area contributed by atoms with E-state index in [-0.39, 0.29) is 0 Å². The highest BCUT2D eigenvalue weighted by Gasteiger charge is 2.38. The maximum atomic E-state index is 12.7. The fourth-order valence-electron chi connectivity index (χ4n) is 3.90. The molecule has 0 aliphatic carbocycles. The molecule has 5 nitrogen and oxygen atoms in total. The third-order valence-corrected chi connectivity index (χ3v) is 5.36. The van der Waals surface area contributed by atoms with Gasteiger partial charge in [0.25, 0.3) is 0 Å². The number of carbonyl (C=O) groups is 1. The summed E-state index contributed by atoms with van der Waals surface area (Å²) >= 11 is 0. The number of anilines is 1. The van der Waals surface area contributed by atoms with Crippen molar-refractivity contribution in [2.75, 3.05) is 11.9 Å².